The first kappa shape index (κ1) is 29.1. The molecule has 1 fully saturated rings. The fraction of sp³-hybridized carbons (Fsp3) is 0.207. The molecule has 4 aromatic rings. The van der Waals surface area contributed by atoms with E-state index in [0.29, 0.717) is 11.3 Å². The molecule has 1 aliphatic heterocycles. The zero-order valence-electron chi connectivity index (χ0n) is 22.1. The molecule has 1 N–H and O–H groups in total. The quantitative estimate of drug-likeness (QED) is 0.220. The predicted molar refractivity (Wildman–Crippen MR) is 159 cm³/mol. The Morgan fingerprint density at radius 3 is 2.22 bits per heavy atom. The smallest absolute Gasteiger partial charge is 0.260 e. The molecule has 2 atom stereocenters. The van der Waals surface area contributed by atoms with Gasteiger partial charge in [0.25, 0.3) is 15.9 Å². The van der Waals surface area contributed by atoms with Gasteiger partial charge in [-0.25, -0.2) is 16.8 Å². The van der Waals surface area contributed by atoms with Gasteiger partial charge in [-0.05, 0) is 59.2 Å². The maximum atomic E-state index is 13.8. The monoisotopic (exact) mass is 611 g/mol. The van der Waals surface area contributed by atoms with E-state index in [-0.39, 0.29) is 29.3 Å². The van der Waals surface area contributed by atoms with E-state index in [9.17, 15) is 21.6 Å². The van der Waals surface area contributed by atoms with Gasteiger partial charge < -0.3 is 4.74 Å². The zero-order valence-corrected chi connectivity index (χ0v) is 24.6. The SMILES string of the molecule is COc1ccc(S(=O)(=O)N(Cc2ccccc2)NC(=O)[C@@H]2C[C@@H](S)CN2S(=O)(=O)c2ccc3ccccc3c2)cc1. The van der Waals surface area contributed by atoms with Crippen LogP contribution in [0.5, 0.6) is 5.75 Å². The molecule has 0 spiro atoms. The molecule has 0 bridgehead atoms. The number of rotatable bonds is 9. The van der Waals surface area contributed by atoms with Crippen molar-refractivity contribution in [1.82, 2.24) is 14.1 Å². The Labute approximate surface area is 245 Å². The summed E-state index contributed by atoms with van der Waals surface area (Å²) < 4.78 is 62.0. The van der Waals surface area contributed by atoms with Crippen molar-refractivity contribution in [1.29, 1.82) is 0 Å². The normalized spacial score (nSPS) is 18.0. The minimum absolute atomic E-state index is 0.000271. The van der Waals surface area contributed by atoms with Crippen LogP contribution < -0.4 is 10.2 Å². The van der Waals surface area contributed by atoms with Crippen molar-refractivity contribution in [3.05, 3.63) is 103 Å². The first-order chi connectivity index (χ1) is 19.6. The minimum Gasteiger partial charge on any atom is -0.497 e. The lowest BCUT2D eigenvalue weighted by molar-refractivity contribution is -0.127. The first-order valence-corrected chi connectivity index (χ1v) is 16.2. The number of nitrogens with zero attached hydrogens (tertiary/aromatic N) is 2. The number of carbonyl (C=O) groups is 1. The van der Waals surface area contributed by atoms with E-state index < -0.39 is 37.2 Å². The molecule has 0 aromatic heterocycles. The average molecular weight is 612 g/mol. The number of benzene rings is 4. The van der Waals surface area contributed by atoms with Crippen LogP contribution in [-0.2, 0) is 31.4 Å². The van der Waals surface area contributed by atoms with Crippen LogP contribution in [0.3, 0.4) is 0 Å². The van der Waals surface area contributed by atoms with Gasteiger partial charge in [0.1, 0.15) is 11.8 Å². The second-order valence-electron chi connectivity index (χ2n) is 9.64. The van der Waals surface area contributed by atoms with Crippen LogP contribution in [0.25, 0.3) is 10.8 Å². The van der Waals surface area contributed by atoms with Gasteiger partial charge in [-0.15, -0.1) is 4.41 Å². The number of nitrogens with one attached hydrogen (secondary N) is 1. The molecular formula is C29H29N3O6S3. The summed E-state index contributed by atoms with van der Waals surface area (Å²) in [5.74, 6) is -0.290. The summed E-state index contributed by atoms with van der Waals surface area (Å²) in [5, 5.41) is 1.21. The molecule has 12 heteroatoms. The Balaban J connectivity index is 1.46. The largest absolute Gasteiger partial charge is 0.497 e. The molecule has 0 unspecified atom stereocenters. The molecule has 0 aliphatic carbocycles. The van der Waals surface area contributed by atoms with Gasteiger partial charge in [0.05, 0.1) is 23.4 Å². The van der Waals surface area contributed by atoms with E-state index in [4.69, 9.17) is 4.74 Å². The van der Waals surface area contributed by atoms with Gasteiger partial charge in [0, 0.05) is 11.8 Å². The van der Waals surface area contributed by atoms with Gasteiger partial charge in [0.15, 0.2) is 0 Å². The Bertz CT molecular complexity index is 1760. The van der Waals surface area contributed by atoms with Crippen LogP contribution in [0.1, 0.15) is 12.0 Å². The van der Waals surface area contributed by atoms with Crippen LogP contribution >= 0.6 is 12.6 Å². The number of amides is 1. The van der Waals surface area contributed by atoms with E-state index >= 15 is 0 Å². The first-order valence-electron chi connectivity index (χ1n) is 12.8. The van der Waals surface area contributed by atoms with Crippen LogP contribution in [0.2, 0.25) is 0 Å². The number of hydrogen-bond donors (Lipinski definition) is 2. The molecule has 1 saturated heterocycles. The van der Waals surface area contributed by atoms with Crippen LogP contribution in [0.15, 0.2) is 107 Å². The lowest BCUT2D eigenvalue weighted by Gasteiger charge is -2.28. The molecule has 5 rings (SSSR count). The van der Waals surface area contributed by atoms with E-state index in [1.807, 2.05) is 24.3 Å². The second-order valence-corrected chi connectivity index (χ2v) is 14.1. The maximum absolute atomic E-state index is 13.8. The lowest BCUT2D eigenvalue weighted by atomic mass is 10.1. The van der Waals surface area contributed by atoms with E-state index in [1.54, 1.807) is 42.5 Å². The van der Waals surface area contributed by atoms with Gasteiger partial charge in [-0.3, -0.25) is 10.2 Å². The summed E-state index contributed by atoms with van der Waals surface area (Å²) in [4.78, 5) is 13.7. The van der Waals surface area contributed by atoms with Gasteiger partial charge >= 0.3 is 0 Å². The number of hydrogen-bond acceptors (Lipinski definition) is 7. The Hall–Kier alpha value is -3.42. The average Bonchev–Trinajstić information content (AvgIpc) is 3.39. The van der Waals surface area contributed by atoms with Crippen LogP contribution in [0.4, 0.5) is 0 Å². The number of thiol groups is 1. The highest BCUT2D eigenvalue weighted by Crippen LogP contribution is 2.31. The minimum atomic E-state index is -4.23. The number of sulfonamides is 2. The van der Waals surface area contributed by atoms with E-state index in [0.717, 1.165) is 19.5 Å². The van der Waals surface area contributed by atoms with Crippen molar-refractivity contribution < 1.29 is 26.4 Å². The summed E-state index contributed by atoms with van der Waals surface area (Å²) in [7, 11) is -6.87. The lowest BCUT2D eigenvalue weighted by Crippen LogP contribution is -2.53. The highest BCUT2D eigenvalue weighted by atomic mass is 32.2. The number of carbonyl (C=O) groups excluding carboxylic acids is 1. The molecule has 4 aromatic carbocycles. The Morgan fingerprint density at radius 2 is 1.54 bits per heavy atom. The molecule has 1 aliphatic rings. The number of hydrazine groups is 1. The summed E-state index contributed by atoms with van der Waals surface area (Å²) in [6.45, 7) is -0.171. The van der Waals surface area contributed by atoms with Crippen LogP contribution in [0, 0.1) is 0 Å². The van der Waals surface area contributed by atoms with Gasteiger partial charge in [0.2, 0.25) is 10.0 Å². The predicted octanol–water partition coefficient (Wildman–Crippen LogP) is 3.83. The number of methoxy groups -OCH3 is 1. The second kappa shape index (κ2) is 11.8. The van der Waals surface area contributed by atoms with E-state index in [1.165, 1.54) is 37.4 Å². The van der Waals surface area contributed by atoms with Crippen molar-refractivity contribution in [2.45, 2.75) is 34.0 Å². The Morgan fingerprint density at radius 1 is 0.902 bits per heavy atom. The number of ether oxygens (including phenoxy) is 1. The molecule has 9 nitrogen and oxygen atoms in total. The van der Waals surface area contributed by atoms with E-state index in [2.05, 4.69) is 18.1 Å². The van der Waals surface area contributed by atoms with Crippen molar-refractivity contribution in [2.24, 2.45) is 0 Å². The van der Waals surface area contributed by atoms with Crippen molar-refractivity contribution >= 4 is 49.4 Å². The summed E-state index contributed by atoms with van der Waals surface area (Å²) in [6.07, 6.45) is 0.115. The molecule has 214 valence electrons. The Kier molecular flexibility index (Phi) is 8.39. The molecular weight excluding hydrogens is 583 g/mol. The topological polar surface area (TPSA) is 113 Å². The van der Waals surface area contributed by atoms with Gasteiger partial charge in [-0.2, -0.15) is 16.9 Å². The zero-order chi connectivity index (χ0) is 29.2. The van der Waals surface area contributed by atoms with Crippen molar-refractivity contribution in [2.75, 3.05) is 13.7 Å². The fourth-order valence-electron chi connectivity index (χ4n) is 4.76. The molecule has 41 heavy (non-hydrogen) atoms. The third kappa shape index (κ3) is 6.11. The molecule has 0 saturated carbocycles. The summed E-state index contributed by atoms with van der Waals surface area (Å²) >= 11 is 4.48. The standard InChI is InChI=1S/C29H29N3O6S3/c1-38-24-12-15-26(16-13-24)41(36,37)32(19-21-7-3-2-4-8-21)30-29(33)28-18-25(39)20-31(28)40(34,35)27-14-11-22-9-5-6-10-23(22)17-27/h2-17,25,28,39H,18-20H2,1H3,(H,30,33)/t25-,28+/m1/s1. The number of fused-ring (bicyclic) bond motifs is 1. The van der Waals surface area contributed by atoms with Crippen molar-refractivity contribution in [3.8, 4) is 5.75 Å². The van der Waals surface area contributed by atoms with Gasteiger partial charge in [-0.1, -0.05) is 60.7 Å². The van der Waals surface area contributed by atoms with Crippen LogP contribution in [-0.4, -0.2) is 56.4 Å². The summed E-state index contributed by atoms with van der Waals surface area (Å²) in [5.41, 5.74) is 3.14. The van der Waals surface area contributed by atoms with Crippen molar-refractivity contribution in [3.63, 3.8) is 0 Å². The molecule has 1 amide bonds. The highest BCUT2D eigenvalue weighted by molar-refractivity contribution is 7.89. The molecule has 0 radical (unpaired) electrons. The maximum Gasteiger partial charge on any atom is 0.260 e. The summed E-state index contributed by atoms with van der Waals surface area (Å²) in [6, 6.07) is 25.6. The third-order valence-electron chi connectivity index (χ3n) is 6.92. The third-order valence-corrected chi connectivity index (χ3v) is 10.8. The molecule has 1 heterocycles. The highest BCUT2D eigenvalue weighted by Gasteiger charge is 2.44. The fourth-order valence-corrected chi connectivity index (χ4v) is 8.19.